The van der Waals surface area contributed by atoms with Crippen LogP contribution in [0.5, 0.6) is 11.5 Å². The maximum absolute atomic E-state index is 5.77. The van der Waals surface area contributed by atoms with E-state index in [0.29, 0.717) is 13.2 Å². The maximum atomic E-state index is 5.77. The highest BCUT2D eigenvalue weighted by atomic mass is 16.5. The Morgan fingerprint density at radius 2 is 1.65 bits per heavy atom. The van der Waals surface area contributed by atoms with Crippen LogP contribution in [0.2, 0.25) is 0 Å². The van der Waals surface area contributed by atoms with Crippen LogP contribution in [0, 0.1) is 0 Å². The van der Waals surface area contributed by atoms with Gasteiger partial charge in [-0.2, -0.15) is 0 Å². The Morgan fingerprint density at radius 1 is 0.885 bits per heavy atom. The molecular formula is C21H25N3O2. The summed E-state index contributed by atoms with van der Waals surface area (Å²) in [5.41, 5.74) is 1.16. The van der Waals surface area contributed by atoms with Crippen LogP contribution in [0.15, 0.2) is 73.3 Å². The maximum Gasteiger partial charge on any atom is 0.120 e. The van der Waals surface area contributed by atoms with E-state index in [9.17, 15) is 0 Å². The van der Waals surface area contributed by atoms with Gasteiger partial charge in [0.2, 0.25) is 0 Å². The van der Waals surface area contributed by atoms with Gasteiger partial charge >= 0.3 is 0 Å². The number of rotatable bonds is 11. The van der Waals surface area contributed by atoms with Crippen molar-refractivity contribution in [1.82, 2.24) is 14.9 Å². The zero-order chi connectivity index (χ0) is 17.9. The first kappa shape index (κ1) is 18.0. The van der Waals surface area contributed by atoms with Gasteiger partial charge in [-0.15, -0.1) is 0 Å². The Balaban J connectivity index is 1.27. The third-order valence-electron chi connectivity index (χ3n) is 3.95. The summed E-state index contributed by atoms with van der Waals surface area (Å²) < 4.78 is 13.6. The van der Waals surface area contributed by atoms with E-state index in [-0.39, 0.29) is 0 Å². The van der Waals surface area contributed by atoms with Crippen molar-refractivity contribution in [2.24, 2.45) is 0 Å². The summed E-state index contributed by atoms with van der Waals surface area (Å²) in [4.78, 5) is 4.03. The molecule has 5 nitrogen and oxygen atoms in total. The Hall–Kier alpha value is -2.79. The van der Waals surface area contributed by atoms with E-state index in [2.05, 4.69) is 27.0 Å². The topological polar surface area (TPSA) is 48.3 Å². The highest BCUT2D eigenvalue weighted by Gasteiger charge is 1.98. The van der Waals surface area contributed by atoms with Crippen LogP contribution in [-0.2, 0) is 13.2 Å². The molecule has 1 N–H and O–H groups in total. The summed E-state index contributed by atoms with van der Waals surface area (Å²) in [6.07, 6.45) is 6.70. The lowest BCUT2D eigenvalue weighted by molar-refractivity contribution is 0.300. The normalized spacial score (nSPS) is 10.6. The summed E-state index contributed by atoms with van der Waals surface area (Å²) in [7, 11) is 0. The van der Waals surface area contributed by atoms with Crippen molar-refractivity contribution in [3.05, 3.63) is 78.9 Å². The molecule has 0 fully saturated rings. The van der Waals surface area contributed by atoms with E-state index >= 15 is 0 Å². The molecule has 0 aliphatic heterocycles. The van der Waals surface area contributed by atoms with Crippen molar-refractivity contribution in [3.8, 4) is 11.5 Å². The summed E-state index contributed by atoms with van der Waals surface area (Å²) >= 11 is 0. The van der Waals surface area contributed by atoms with Gasteiger partial charge in [-0.3, -0.25) is 0 Å². The lowest BCUT2D eigenvalue weighted by Crippen LogP contribution is -2.22. The zero-order valence-corrected chi connectivity index (χ0v) is 14.9. The molecule has 0 atom stereocenters. The predicted octanol–water partition coefficient (Wildman–Crippen LogP) is 3.52. The number of benzene rings is 2. The van der Waals surface area contributed by atoms with Gasteiger partial charge < -0.3 is 19.4 Å². The molecule has 1 aromatic heterocycles. The number of nitrogens with zero attached hydrogens (tertiary/aromatic N) is 2. The molecular weight excluding hydrogens is 326 g/mol. The first-order chi connectivity index (χ1) is 12.9. The Labute approximate surface area is 154 Å². The SMILES string of the molecule is c1ccc(COc2ccc(OCCNCCCn3ccnc3)cc2)cc1. The van der Waals surface area contributed by atoms with E-state index in [1.165, 1.54) is 0 Å². The second-order valence-corrected chi connectivity index (χ2v) is 6.00. The molecule has 0 amide bonds. The first-order valence-electron chi connectivity index (χ1n) is 8.96. The van der Waals surface area contributed by atoms with Gasteiger partial charge in [0, 0.05) is 25.5 Å². The molecule has 136 valence electrons. The molecule has 5 heteroatoms. The van der Waals surface area contributed by atoms with Gasteiger partial charge in [0.1, 0.15) is 24.7 Å². The van der Waals surface area contributed by atoms with Crippen LogP contribution in [-0.4, -0.2) is 29.2 Å². The fraction of sp³-hybridized carbons (Fsp3) is 0.286. The second-order valence-electron chi connectivity index (χ2n) is 6.00. The predicted molar refractivity (Wildman–Crippen MR) is 102 cm³/mol. The minimum Gasteiger partial charge on any atom is -0.492 e. The minimum absolute atomic E-state index is 0.573. The third-order valence-corrected chi connectivity index (χ3v) is 3.95. The minimum atomic E-state index is 0.573. The molecule has 0 saturated heterocycles. The van der Waals surface area contributed by atoms with Crippen LogP contribution >= 0.6 is 0 Å². The lowest BCUT2D eigenvalue weighted by atomic mass is 10.2. The van der Waals surface area contributed by atoms with E-state index in [4.69, 9.17) is 9.47 Å². The average molecular weight is 351 g/mol. The molecule has 3 rings (SSSR count). The fourth-order valence-electron chi connectivity index (χ4n) is 2.54. The molecule has 2 aromatic carbocycles. The average Bonchev–Trinajstić information content (AvgIpc) is 3.21. The summed E-state index contributed by atoms with van der Waals surface area (Å²) in [5, 5.41) is 3.38. The van der Waals surface area contributed by atoms with Crippen molar-refractivity contribution in [2.45, 2.75) is 19.6 Å². The molecule has 0 aliphatic carbocycles. The van der Waals surface area contributed by atoms with Crippen LogP contribution in [0.4, 0.5) is 0 Å². The number of imidazole rings is 1. The number of aryl methyl sites for hydroxylation is 1. The van der Waals surface area contributed by atoms with E-state index in [1.807, 2.05) is 55.0 Å². The van der Waals surface area contributed by atoms with Crippen molar-refractivity contribution in [2.75, 3.05) is 19.7 Å². The Morgan fingerprint density at radius 3 is 2.38 bits per heavy atom. The van der Waals surface area contributed by atoms with Crippen LogP contribution in [0.1, 0.15) is 12.0 Å². The first-order valence-corrected chi connectivity index (χ1v) is 8.96. The fourth-order valence-corrected chi connectivity index (χ4v) is 2.54. The molecule has 0 aliphatic rings. The van der Waals surface area contributed by atoms with E-state index < -0.39 is 0 Å². The molecule has 1 heterocycles. The number of hydrogen-bond acceptors (Lipinski definition) is 4. The summed E-state index contributed by atoms with van der Waals surface area (Å²) in [5.74, 6) is 1.70. The third kappa shape index (κ3) is 6.26. The van der Waals surface area contributed by atoms with E-state index in [0.717, 1.165) is 43.1 Å². The lowest BCUT2D eigenvalue weighted by Gasteiger charge is -2.09. The molecule has 0 saturated carbocycles. The van der Waals surface area contributed by atoms with Gasteiger partial charge in [-0.1, -0.05) is 30.3 Å². The zero-order valence-electron chi connectivity index (χ0n) is 14.9. The number of hydrogen-bond donors (Lipinski definition) is 1. The second kappa shape index (κ2) is 10.3. The van der Waals surface area contributed by atoms with Crippen LogP contribution in [0.3, 0.4) is 0 Å². The van der Waals surface area contributed by atoms with Crippen molar-refractivity contribution < 1.29 is 9.47 Å². The summed E-state index contributed by atoms with van der Waals surface area (Å²) in [6.45, 7) is 4.00. The summed E-state index contributed by atoms with van der Waals surface area (Å²) in [6, 6.07) is 17.9. The molecule has 0 unspecified atom stereocenters. The molecule has 0 radical (unpaired) electrons. The Kier molecular flexibility index (Phi) is 7.11. The Bertz CT molecular complexity index is 728. The van der Waals surface area contributed by atoms with Gasteiger partial charge in [-0.25, -0.2) is 4.98 Å². The molecule has 0 bridgehead atoms. The van der Waals surface area contributed by atoms with Crippen molar-refractivity contribution >= 4 is 0 Å². The molecule has 26 heavy (non-hydrogen) atoms. The highest BCUT2D eigenvalue weighted by molar-refractivity contribution is 5.31. The van der Waals surface area contributed by atoms with Crippen LogP contribution in [0.25, 0.3) is 0 Å². The largest absolute Gasteiger partial charge is 0.492 e. The van der Waals surface area contributed by atoms with Gasteiger partial charge in [0.05, 0.1) is 6.33 Å². The number of nitrogens with one attached hydrogen (secondary N) is 1. The smallest absolute Gasteiger partial charge is 0.120 e. The van der Waals surface area contributed by atoms with Gasteiger partial charge in [0.15, 0.2) is 0 Å². The van der Waals surface area contributed by atoms with Gasteiger partial charge in [0.25, 0.3) is 0 Å². The standard InChI is InChI=1S/C21H25N3O2/c1-2-5-19(6-3-1)17-26-21-9-7-20(8-10-21)25-16-13-22-11-4-14-24-15-12-23-18-24/h1-3,5-10,12,15,18,22H,4,11,13-14,16-17H2. The number of aromatic nitrogens is 2. The van der Waals surface area contributed by atoms with E-state index in [1.54, 1.807) is 6.20 Å². The highest BCUT2D eigenvalue weighted by Crippen LogP contribution is 2.18. The van der Waals surface area contributed by atoms with Crippen molar-refractivity contribution in [1.29, 1.82) is 0 Å². The van der Waals surface area contributed by atoms with Crippen LogP contribution < -0.4 is 14.8 Å². The molecule has 3 aromatic rings. The van der Waals surface area contributed by atoms with Crippen molar-refractivity contribution in [3.63, 3.8) is 0 Å². The monoisotopic (exact) mass is 351 g/mol. The number of ether oxygens (including phenoxy) is 2. The quantitative estimate of drug-likeness (QED) is 0.537. The van der Waals surface area contributed by atoms with Gasteiger partial charge in [-0.05, 0) is 42.8 Å². The molecule has 0 spiro atoms.